The van der Waals surface area contributed by atoms with E-state index in [1.165, 1.54) is 17.5 Å². The second-order valence-electron chi connectivity index (χ2n) is 7.15. The van der Waals surface area contributed by atoms with Crippen molar-refractivity contribution >= 4 is 10.0 Å². The van der Waals surface area contributed by atoms with Crippen molar-refractivity contribution in [1.29, 1.82) is 0 Å². The number of fused-ring (bicyclic) bond motifs is 1. The third kappa shape index (κ3) is 3.99. The highest BCUT2D eigenvalue weighted by Crippen LogP contribution is 2.29. The molecule has 0 saturated carbocycles. The van der Waals surface area contributed by atoms with Crippen LogP contribution in [0.4, 0.5) is 0 Å². The average Bonchev–Trinajstić information content (AvgIpc) is 2.61. The summed E-state index contributed by atoms with van der Waals surface area (Å²) in [7, 11) is -1.79. The van der Waals surface area contributed by atoms with Crippen LogP contribution >= 0.6 is 0 Å². The molecule has 1 heterocycles. The summed E-state index contributed by atoms with van der Waals surface area (Å²) in [5.74, 6) is 0. The molecule has 0 unspecified atom stereocenters. The van der Waals surface area contributed by atoms with Gasteiger partial charge in [0.1, 0.15) is 0 Å². The first-order valence-corrected chi connectivity index (χ1v) is 10.3. The van der Waals surface area contributed by atoms with Crippen LogP contribution in [0.5, 0.6) is 0 Å². The molecule has 6 heteroatoms. The van der Waals surface area contributed by atoms with Crippen LogP contribution in [0.3, 0.4) is 0 Å². The van der Waals surface area contributed by atoms with E-state index in [1.807, 2.05) is 12.1 Å². The van der Waals surface area contributed by atoms with Gasteiger partial charge in [-0.05, 0) is 74.9 Å². The monoisotopic (exact) mass is 352 g/mol. The SMILES string of the molecule is COCC1(CNS(=O)(=O)c2ccc3c(c2)CCCC3)CCNCC1. The Bertz CT molecular complexity index is 661. The van der Waals surface area contributed by atoms with Gasteiger partial charge < -0.3 is 10.1 Å². The van der Waals surface area contributed by atoms with Gasteiger partial charge in [0.15, 0.2) is 0 Å². The minimum atomic E-state index is -3.48. The largest absolute Gasteiger partial charge is 0.384 e. The summed E-state index contributed by atoms with van der Waals surface area (Å²) >= 11 is 0. The number of hydrogen-bond donors (Lipinski definition) is 2. The van der Waals surface area contributed by atoms with Crippen molar-refractivity contribution < 1.29 is 13.2 Å². The van der Waals surface area contributed by atoms with Gasteiger partial charge in [-0.1, -0.05) is 6.07 Å². The summed E-state index contributed by atoms with van der Waals surface area (Å²) in [4.78, 5) is 0.393. The van der Waals surface area contributed by atoms with Crippen molar-refractivity contribution in [2.24, 2.45) is 5.41 Å². The number of nitrogens with one attached hydrogen (secondary N) is 2. The molecule has 0 amide bonds. The number of ether oxygens (including phenoxy) is 1. The van der Waals surface area contributed by atoms with E-state index >= 15 is 0 Å². The molecule has 1 aromatic rings. The van der Waals surface area contributed by atoms with Gasteiger partial charge in [0, 0.05) is 19.1 Å². The van der Waals surface area contributed by atoms with Gasteiger partial charge in [0.2, 0.25) is 10.0 Å². The molecule has 0 aromatic heterocycles. The molecule has 24 heavy (non-hydrogen) atoms. The standard InChI is InChI=1S/C18H28N2O3S/c1-23-14-18(8-10-19-11-9-18)13-20-24(21,22)17-7-6-15-4-2-3-5-16(15)12-17/h6-7,12,19-20H,2-5,8-11,13-14H2,1H3. The molecule has 1 aliphatic heterocycles. The van der Waals surface area contributed by atoms with Gasteiger partial charge >= 0.3 is 0 Å². The van der Waals surface area contributed by atoms with Crippen LogP contribution in [-0.2, 0) is 27.6 Å². The highest BCUT2D eigenvalue weighted by Gasteiger charge is 2.33. The zero-order valence-corrected chi connectivity index (χ0v) is 15.3. The zero-order valence-electron chi connectivity index (χ0n) is 14.4. The normalized spacial score (nSPS) is 20.5. The molecule has 0 radical (unpaired) electrons. The van der Waals surface area contributed by atoms with Gasteiger partial charge in [-0.15, -0.1) is 0 Å². The summed E-state index contributed by atoms with van der Waals surface area (Å²) < 4.78 is 33.7. The summed E-state index contributed by atoms with van der Waals surface area (Å²) in [6, 6.07) is 5.60. The molecular formula is C18H28N2O3S. The number of piperidine rings is 1. The quantitative estimate of drug-likeness (QED) is 0.820. The number of methoxy groups -OCH3 is 1. The molecule has 0 bridgehead atoms. The first-order valence-electron chi connectivity index (χ1n) is 8.86. The van der Waals surface area contributed by atoms with Crippen molar-refractivity contribution in [3.63, 3.8) is 0 Å². The second-order valence-corrected chi connectivity index (χ2v) is 8.91. The fourth-order valence-corrected chi connectivity index (χ4v) is 5.05. The van der Waals surface area contributed by atoms with Gasteiger partial charge in [-0.25, -0.2) is 13.1 Å². The smallest absolute Gasteiger partial charge is 0.240 e. The molecule has 1 aliphatic carbocycles. The highest BCUT2D eigenvalue weighted by molar-refractivity contribution is 7.89. The van der Waals surface area contributed by atoms with Gasteiger partial charge in [-0.2, -0.15) is 0 Å². The number of rotatable bonds is 6. The Hall–Kier alpha value is -0.950. The molecule has 0 atom stereocenters. The summed E-state index contributed by atoms with van der Waals surface area (Å²) in [6.45, 7) is 2.83. The van der Waals surface area contributed by atoms with Crippen LogP contribution in [0.1, 0.15) is 36.8 Å². The number of sulfonamides is 1. The van der Waals surface area contributed by atoms with Crippen LogP contribution in [0, 0.1) is 5.41 Å². The molecular weight excluding hydrogens is 324 g/mol. The fourth-order valence-electron chi connectivity index (χ4n) is 3.84. The number of benzene rings is 1. The summed E-state index contributed by atoms with van der Waals surface area (Å²) in [5.41, 5.74) is 2.38. The summed E-state index contributed by atoms with van der Waals surface area (Å²) in [5, 5.41) is 3.33. The molecule has 2 aliphatic rings. The van der Waals surface area contributed by atoms with E-state index in [4.69, 9.17) is 4.74 Å². The molecule has 0 spiro atoms. The topological polar surface area (TPSA) is 67.4 Å². The first kappa shape index (κ1) is 17.9. The van der Waals surface area contributed by atoms with Crippen molar-refractivity contribution in [2.45, 2.75) is 43.4 Å². The minimum absolute atomic E-state index is 0.110. The maximum Gasteiger partial charge on any atom is 0.240 e. The Morgan fingerprint density at radius 3 is 2.58 bits per heavy atom. The molecule has 5 nitrogen and oxygen atoms in total. The number of hydrogen-bond acceptors (Lipinski definition) is 4. The molecule has 134 valence electrons. The van der Waals surface area contributed by atoms with E-state index in [0.717, 1.165) is 45.2 Å². The van der Waals surface area contributed by atoms with Crippen LogP contribution < -0.4 is 10.0 Å². The maximum atomic E-state index is 12.7. The van der Waals surface area contributed by atoms with E-state index in [-0.39, 0.29) is 5.41 Å². The zero-order chi connectivity index (χ0) is 17.0. The third-order valence-electron chi connectivity index (χ3n) is 5.38. The minimum Gasteiger partial charge on any atom is -0.384 e. The van der Waals surface area contributed by atoms with E-state index < -0.39 is 10.0 Å². The van der Waals surface area contributed by atoms with Crippen molar-refractivity contribution in [1.82, 2.24) is 10.0 Å². The lowest BCUT2D eigenvalue weighted by Crippen LogP contribution is -2.47. The van der Waals surface area contributed by atoms with Crippen LogP contribution in [-0.4, -0.2) is 41.8 Å². The van der Waals surface area contributed by atoms with Crippen LogP contribution in [0.15, 0.2) is 23.1 Å². The van der Waals surface area contributed by atoms with E-state index in [9.17, 15) is 8.42 Å². The lowest BCUT2D eigenvalue weighted by molar-refractivity contribution is 0.0577. The lowest BCUT2D eigenvalue weighted by Gasteiger charge is -2.37. The van der Waals surface area contributed by atoms with Crippen molar-refractivity contribution in [2.75, 3.05) is 33.4 Å². The van der Waals surface area contributed by atoms with Crippen LogP contribution in [0.2, 0.25) is 0 Å². The van der Waals surface area contributed by atoms with E-state index in [1.54, 1.807) is 13.2 Å². The van der Waals surface area contributed by atoms with E-state index in [0.29, 0.717) is 18.0 Å². The Kier molecular flexibility index (Phi) is 5.59. The molecule has 1 saturated heterocycles. The van der Waals surface area contributed by atoms with Gasteiger partial charge in [0.05, 0.1) is 11.5 Å². The first-order chi connectivity index (χ1) is 11.5. The molecule has 3 rings (SSSR count). The Labute approximate surface area is 145 Å². The fraction of sp³-hybridized carbons (Fsp3) is 0.667. The third-order valence-corrected chi connectivity index (χ3v) is 6.78. The van der Waals surface area contributed by atoms with Gasteiger partial charge in [0.25, 0.3) is 0 Å². The Morgan fingerprint density at radius 2 is 1.88 bits per heavy atom. The van der Waals surface area contributed by atoms with Crippen molar-refractivity contribution in [3.8, 4) is 0 Å². The van der Waals surface area contributed by atoms with Crippen LogP contribution in [0.25, 0.3) is 0 Å². The lowest BCUT2D eigenvalue weighted by atomic mass is 9.80. The predicted octanol–water partition coefficient (Wildman–Crippen LogP) is 1.86. The molecule has 2 N–H and O–H groups in total. The van der Waals surface area contributed by atoms with Crippen molar-refractivity contribution in [3.05, 3.63) is 29.3 Å². The number of aryl methyl sites for hydroxylation is 2. The van der Waals surface area contributed by atoms with Gasteiger partial charge in [-0.3, -0.25) is 0 Å². The highest BCUT2D eigenvalue weighted by atomic mass is 32.2. The predicted molar refractivity (Wildman–Crippen MR) is 94.7 cm³/mol. The molecule has 1 fully saturated rings. The second kappa shape index (κ2) is 7.52. The Morgan fingerprint density at radius 1 is 1.17 bits per heavy atom. The summed E-state index contributed by atoms with van der Waals surface area (Å²) in [6.07, 6.45) is 6.24. The van der Waals surface area contributed by atoms with E-state index in [2.05, 4.69) is 10.0 Å². The molecule has 1 aromatic carbocycles. The average molecular weight is 353 g/mol. The maximum absolute atomic E-state index is 12.7. The Balaban J connectivity index is 1.73.